The van der Waals surface area contributed by atoms with E-state index < -0.39 is 28.6 Å². The number of aromatic amines is 1. The highest BCUT2D eigenvalue weighted by Gasteiger charge is 2.19. The third-order valence-corrected chi connectivity index (χ3v) is 2.64. The number of ether oxygens (including phenoxy) is 1. The second kappa shape index (κ2) is 4.92. The van der Waals surface area contributed by atoms with Crippen molar-refractivity contribution in [2.75, 3.05) is 7.11 Å². The second-order valence-corrected chi connectivity index (χ2v) is 3.86. The summed E-state index contributed by atoms with van der Waals surface area (Å²) >= 11 is 0. The fraction of sp³-hybridized carbons (Fsp3) is 0.0833. The van der Waals surface area contributed by atoms with E-state index in [0.29, 0.717) is 5.75 Å². The van der Waals surface area contributed by atoms with Gasteiger partial charge in [-0.1, -0.05) is 6.07 Å². The average molecular weight is 277 g/mol. The number of primary amides is 1. The van der Waals surface area contributed by atoms with Crippen LogP contribution < -0.4 is 21.7 Å². The number of methoxy groups -OCH3 is 1. The fourth-order valence-electron chi connectivity index (χ4n) is 1.74. The third kappa shape index (κ3) is 2.14. The Balaban J connectivity index is 2.80. The zero-order chi connectivity index (χ0) is 14.9. The van der Waals surface area contributed by atoms with Crippen molar-refractivity contribution in [3.05, 3.63) is 50.7 Å². The van der Waals surface area contributed by atoms with Gasteiger partial charge in [0.15, 0.2) is 5.56 Å². The number of H-pyrrole nitrogens is 1. The lowest BCUT2D eigenvalue weighted by Gasteiger charge is -2.10. The Kier molecular flexibility index (Phi) is 3.30. The van der Waals surface area contributed by atoms with Gasteiger partial charge in [-0.3, -0.25) is 14.6 Å². The Labute approximate surface area is 112 Å². The van der Waals surface area contributed by atoms with Gasteiger partial charge in [0, 0.05) is 6.07 Å². The van der Waals surface area contributed by atoms with E-state index in [-0.39, 0.29) is 5.69 Å². The quantitative estimate of drug-likeness (QED) is 0.686. The molecule has 2 rings (SSSR count). The molecule has 2 aromatic rings. The number of hydrogen-bond donors (Lipinski definition) is 3. The standard InChI is InChI=1S/C12H11N3O5/c1-20-7-4-2-3-6(5-7)15-11(18)8(9(13)16)10(17)14-12(15)19/h2-5,18H,1H3,(H2,13,16)(H,14,17,19). The van der Waals surface area contributed by atoms with Gasteiger partial charge in [0.1, 0.15) is 5.75 Å². The summed E-state index contributed by atoms with van der Waals surface area (Å²) in [5, 5.41) is 9.94. The molecule has 1 aromatic heterocycles. The molecule has 0 spiro atoms. The van der Waals surface area contributed by atoms with Crippen molar-refractivity contribution >= 4 is 5.91 Å². The summed E-state index contributed by atoms with van der Waals surface area (Å²) in [7, 11) is 1.43. The zero-order valence-electron chi connectivity index (χ0n) is 10.4. The molecule has 0 saturated heterocycles. The highest BCUT2D eigenvalue weighted by molar-refractivity contribution is 5.94. The molecule has 8 heteroatoms. The molecule has 1 heterocycles. The molecule has 20 heavy (non-hydrogen) atoms. The first-order chi connectivity index (χ1) is 9.45. The Bertz CT molecular complexity index is 790. The number of hydrogen-bond acceptors (Lipinski definition) is 5. The van der Waals surface area contributed by atoms with Crippen molar-refractivity contribution in [2.45, 2.75) is 0 Å². The number of aromatic hydroxyl groups is 1. The molecule has 0 atom stereocenters. The van der Waals surface area contributed by atoms with Crippen LogP contribution in [0.5, 0.6) is 11.6 Å². The number of aromatic nitrogens is 2. The van der Waals surface area contributed by atoms with Gasteiger partial charge in [0.05, 0.1) is 12.8 Å². The maximum absolute atomic E-state index is 11.8. The largest absolute Gasteiger partial charge is 0.497 e. The van der Waals surface area contributed by atoms with Gasteiger partial charge in [0.2, 0.25) is 5.88 Å². The van der Waals surface area contributed by atoms with Gasteiger partial charge in [-0.25, -0.2) is 9.36 Å². The molecular formula is C12H11N3O5. The monoisotopic (exact) mass is 277 g/mol. The number of nitrogens with zero attached hydrogens (tertiary/aromatic N) is 1. The first-order valence-electron chi connectivity index (χ1n) is 5.48. The summed E-state index contributed by atoms with van der Waals surface area (Å²) in [4.78, 5) is 36.3. The number of rotatable bonds is 3. The number of amides is 1. The Morgan fingerprint density at radius 2 is 2.10 bits per heavy atom. The second-order valence-electron chi connectivity index (χ2n) is 3.86. The van der Waals surface area contributed by atoms with E-state index in [4.69, 9.17) is 10.5 Å². The predicted molar refractivity (Wildman–Crippen MR) is 69.4 cm³/mol. The highest BCUT2D eigenvalue weighted by atomic mass is 16.5. The highest BCUT2D eigenvalue weighted by Crippen LogP contribution is 2.20. The van der Waals surface area contributed by atoms with E-state index in [1.54, 1.807) is 12.1 Å². The summed E-state index contributed by atoms with van der Waals surface area (Å²) in [6.07, 6.45) is 0. The van der Waals surface area contributed by atoms with Crippen molar-refractivity contribution in [3.63, 3.8) is 0 Å². The predicted octanol–water partition coefficient (Wildman–Crippen LogP) is -0.661. The minimum atomic E-state index is -1.14. The lowest BCUT2D eigenvalue weighted by atomic mass is 10.2. The number of carbonyl (C=O) groups excluding carboxylic acids is 1. The average Bonchev–Trinajstić information content (AvgIpc) is 2.37. The Morgan fingerprint density at radius 1 is 1.40 bits per heavy atom. The minimum absolute atomic E-state index is 0.214. The van der Waals surface area contributed by atoms with Crippen LogP contribution in [-0.2, 0) is 0 Å². The molecule has 0 unspecified atom stereocenters. The third-order valence-electron chi connectivity index (χ3n) is 2.64. The van der Waals surface area contributed by atoms with Crippen LogP contribution in [0.4, 0.5) is 0 Å². The molecule has 104 valence electrons. The van der Waals surface area contributed by atoms with Gasteiger partial charge in [0.25, 0.3) is 11.5 Å². The maximum Gasteiger partial charge on any atom is 0.335 e. The minimum Gasteiger partial charge on any atom is -0.497 e. The molecule has 0 aliphatic rings. The van der Waals surface area contributed by atoms with Crippen LogP contribution in [0.25, 0.3) is 5.69 Å². The number of nitrogens with two attached hydrogens (primary N) is 1. The molecule has 0 fully saturated rings. The number of carbonyl (C=O) groups is 1. The van der Waals surface area contributed by atoms with Crippen LogP contribution in [0.1, 0.15) is 10.4 Å². The van der Waals surface area contributed by atoms with E-state index in [2.05, 4.69) is 0 Å². The Hall–Kier alpha value is -3.03. The van der Waals surface area contributed by atoms with Gasteiger partial charge in [-0.2, -0.15) is 0 Å². The number of nitrogens with one attached hydrogen (secondary N) is 1. The smallest absolute Gasteiger partial charge is 0.335 e. The van der Waals surface area contributed by atoms with Crippen molar-refractivity contribution in [1.82, 2.24) is 9.55 Å². The van der Waals surface area contributed by atoms with Gasteiger partial charge >= 0.3 is 5.69 Å². The lowest BCUT2D eigenvalue weighted by molar-refractivity contribution is 0.0995. The molecule has 0 aliphatic carbocycles. The maximum atomic E-state index is 11.8. The molecule has 1 aromatic carbocycles. The van der Waals surface area contributed by atoms with Crippen molar-refractivity contribution in [3.8, 4) is 17.3 Å². The summed E-state index contributed by atoms with van der Waals surface area (Å²) in [5.41, 5.74) is 2.60. The van der Waals surface area contributed by atoms with Crippen molar-refractivity contribution in [2.24, 2.45) is 5.73 Å². The summed E-state index contributed by atoms with van der Waals surface area (Å²) in [5.74, 6) is -1.53. The van der Waals surface area contributed by atoms with Gasteiger partial charge in [-0.05, 0) is 12.1 Å². The number of benzene rings is 1. The van der Waals surface area contributed by atoms with Gasteiger partial charge < -0.3 is 15.6 Å². The van der Waals surface area contributed by atoms with Crippen LogP contribution in [0, 0.1) is 0 Å². The molecule has 4 N–H and O–H groups in total. The van der Waals surface area contributed by atoms with Crippen LogP contribution >= 0.6 is 0 Å². The summed E-state index contributed by atoms with van der Waals surface area (Å²) < 4.78 is 5.75. The topological polar surface area (TPSA) is 127 Å². The first-order valence-corrected chi connectivity index (χ1v) is 5.48. The van der Waals surface area contributed by atoms with Gasteiger partial charge in [-0.15, -0.1) is 0 Å². The molecular weight excluding hydrogens is 266 g/mol. The van der Waals surface area contributed by atoms with Crippen LogP contribution in [-0.4, -0.2) is 27.7 Å². The summed E-state index contributed by atoms with van der Waals surface area (Å²) in [6, 6.07) is 6.15. The molecule has 1 amide bonds. The van der Waals surface area contributed by atoms with Crippen LogP contribution in [0.2, 0.25) is 0 Å². The first kappa shape index (κ1) is 13.4. The molecule has 0 radical (unpaired) electrons. The molecule has 0 bridgehead atoms. The van der Waals surface area contributed by atoms with E-state index in [0.717, 1.165) is 4.57 Å². The van der Waals surface area contributed by atoms with E-state index in [9.17, 15) is 19.5 Å². The van der Waals surface area contributed by atoms with Crippen LogP contribution in [0.15, 0.2) is 33.9 Å². The zero-order valence-corrected chi connectivity index (χ0v) is 10.4. The SMILES string of the molecule is COc1cccc(-n2c(O)c(C(N)=O)c(=O)[nH]c2=O)c1. The van der Waals surface area contributed by atoms with Crippen LogP contribution in [0.3, 0.4) is 0 Å². The summed E-state index contributed by atoms with van der Waals surface area (Å²) in [6.45, 7) is 0. The Morgan fingerprint density at radius 3 is 2.70 bits per heavy atom. The molecule has 0 saturated carbocycles. The van der Waals surface area contributed by atoms with E-state index >= 15 is 0 Å². The van der Waals surface area contributed by atoms with E-state index in [1.165, 1.54) is 19.2 Å². The molecule has 8 nitrogen and oxygen atoms in total. The lowest BCUT2D eigenvalue weighted by Crippen LogP contribution is -2.34. The molecule has 0 aliphatic heterocycles. The fourth-order valence-corrected chi connectivity index (χ4v) is 1.74. The van der Waals surface area contributed by atoms with Crippen molar-refractivity contribution in [1.29, 1.82) is 0 Å². The normalized spacial score (nSPS) is 10.2. The van der Waals surface area contributed by atoms with Crippen molar-refractivity contribution < 1.29 is 14.6 Å². The van der Waals surface area contributed by atoms with E-state index in [1.807, 2.05) is 4.98 Å².